The molecule has 76 valence electrons. The molecule has 0 bridgehead atoms. The Balaban J connectivity index is 2.51. The van der Waals surface area contributed by atoms with E-state index in [4.69, 9.17) is 0 Å². The highest BCUT2D eigenvalue weighted by atomic mass is 79.9. The summed E-state index contributed by atoms with van der Waals surface area (Å²) in [4.78, 5) is 4.19. The molecule has 0 saturated carbocycles. The van der Waals surface area contributed by atoms with Crippen molar-refractivity contribution in [1.29, 1.82) is 0 Å². The van der Waals surface area contributed by atoms with Crippen molar-refractivity contribution >= 4 is 39.5 Å². The lowest BCUT2D eigenvalue weighted by molar-refractivity contribution is 0.448. The van der Waals surface area contributed by atoms with Crippen molar-refractivity contribution < 1.29 is 5.11 Å². The van der Waals surface area contributed by atoms with Gasteiger partial charge in [0.05, 0.1) is 10.5 Å². The van der Waals surface area contributed by atoms with Crippen molar-refractivity contribution in [3.63, 3.8) is 0 Å². The molecule has 0 amide bonds. The van der Waals surface area contributed by atoms with Crippen LogP contribution in [0.15, 0.2) is 9.64 Å². The van der Waals surface area contributed by atoms with Gasteiger partial charge in [-0.25, -0.2) is 0 Å². The number of hydrogen-bond acceptors (Lipinski definition) is 5. The van der Waals surface area contributed by atoms with E-state index in [-0.39, 0.29) is 11.9 Å². The summed E-state index contributed by atoms with van der Waals surface area (Å²) in [6, 6.07) is 0.0152. The Hall–Kier alpha value is -0.690. The van der Waals surface area contributed by atoms with Crippen LogP contribution in [0, 0.1) is 0 Å². The van der Waals surface area contributed by atoms with E-state index in [1.165, 1.54) is 16.4 Å². The number of hydrogen-bond donors (Lipinski definition) is 2. The number of halogens is 1. The van der Waals surface area contributed by atoms with Crippen LogP contribution in [0.3, 0.4) is 0 Å². The number of rotatable bonds is 1. The highest BCUT2D eigenvalue weighted by Gasteiger charge is 2.24. The van der Waals surface area contributed by atoms with E-state index in [2.05, 4.69) is 31.3 Å². The van der Waals surface area contributed by atoms with Crippen LogP contribution in [0.2, 0.25) is 0 Å². The first-order valence-electron chi connectivity index (χ1n) is 4.00. The molecule has 0 unspecified atom stereocenters. The highest BCUT2D eigenvalue weighted by molar-refractivity contribution is 9.11. The molecule has 1 atom stereocenters. The average Bonchev–Trinajstić information content (AvgIpc) is 2.57. The monoisotopic (exact) mass is 276 g/mol. The minimum atomic E-state index is 0.0152. The van der Waals surface area contributed by atoms with Crippen LogP contribution in [-0.2, 0) is 0 Å². The number of aliphatic hydroxyl groups is 1. The van der Waals surface area contributed by atoms with Gasteiger partial charge in [-0.2, -0.15) is 9.67 Å². The van der Waals surface area contributed by atoms with Crippen LogP contribution < -0.4 is 5.32 Å². The predicted molar refractivity (Wildman–Crippen MR) is 59.7 cm³/mol. The SMILES string of the molecule is CSc1nc2n(n1)C(O)=C(Br)[C@H](C)N2. The Kier molecular flexibility index (Phi) is 2.44. The molecule has 0 spiro atoms. The Labute approximate surface area is 93.7 Å². The summed E-state index contributed by atoms with van der Waals surface area (Å²) in [5.74, 6) is 0.668. The van der Waals surface area contributed by atoms with Crippen molar-refractivity contribution in [3.05, 3.63) is 4.48 Å². The first-order chi connectivity index (χ1) is 6.63. The molecule has 5 nitrogen and oxygen atoms in total. The number of nitrogens with zero attached hydrogens (tertiary/aromatic N) is 3. The van der Waals surface area contributed by atoms with Gasteiger partial charge in [0.25, 0.3) is 0 Å². The molecule has 0 aliphatic carbocycles. The minimum absolute atomic E-state index is 0.0152. The molecule has 2 N–H and O–H groups in total. The van der Waals surface area contributed by atoms with Crippen LogP contribution in [0.25, 0.3) is 5.88 Å². The third-order valence-electron chi connectivity index (χ3n) is 1.91. The van der Waals surface area contributed by atoms with E-state index < -0.39 is 0 Å². The van der Waals surface area contributed by atoms with Gasteiger partial charge in [0.1, 0.15) is 0 Å². The largest absolute Gasteiger partial charge is 0.493 e. The summed E-state index contributed by atoms with van der Waals surface area (Å²) >= 11 is 4.73. The van der Waals surface area contributed by atoms with Crippen LogP contribution >= 0.6 is 27.7 Å². The molecule has 7 heteroatoms. The van der Waals surface area contributed by atoms with Gasteiger partial charge in [0.15, 0.2) is 0 Å². The van der Waals surface area contributed by atoms with Gasteiger partial charge in [0, 0.05) is 0 Å². The first kappa shape index (κ1) is 9.85. The van der Waals surface area contributed by atoms with Crippen LogP contribution in [0.1, 0.15) is 6.92 Å². The topological polar surface area (TPSA) is 63.0 Å². The molecule has 2 rings (SSSR count). The fourth-order valence-electron chi connectivity index (χ4n) is 1.17. The second kappa shape index (κ2) is 3.47. The number of fused-ring (bicyclic) bond motifs is 1. The number of aromatic nitrogens is 3. The molecule has 1 aromatic heterocycles. The van der Waals surface area contributed by atoms with Crippen molar-refractivity contribution in [2.24, 2.45) is 0 Å². The van der Waals surface area contributed by atoms with Crippen LogP contribution in [-0.4, -0.2) is 32.2 Å². The van der Waals surface area contributed by atoms with Crippen LogP contribution in [0.5, 0.6) is 0 Å². The number of thioether (sulfide) groups is 1. The maximum atomic E-state index is 9.75. The zero-order chi connectivity index (χ0) is 10.3. The molecule has 0 saturated heterocycles. The molecular weight excluding hydrogens is 268 g/mol. The Morgan fingerprint density at radius 2 is 2.36 bits per heavy atom. The normalized spacial score (nSPS) is 20.6. The summed E-state index contributed by atoms with van der Waals surface area (Å²) in [6.45, 7) is 1.93. The second-order valence-electron chi connectivity index (χ2n) is 2.87. The van der Waals surface area contributed by atoms with Crippen LogP contribution in [0.4, 0.5) is 5.95 Å². The minimum Gasteiger partial charge on any atom is -0.493 e. The molecule has 14 heavy (non-hydrogen) atoms. The quantitative estimate of drug-likeness (QED) is 0.767. The van der Waals surface area contributed by atoms with E-state index in [1.54, 1.807) is 0 Å². The maximum Gasteiger partial charge on any atom is 0.230 e. The summed E-state index contributed by atoms with van der Waals surface area (Å²) < 4.78 is 2.07. The zero-order valence-corrected chi connectivity index (χ0v) is 10.1. The summed E-state index contributed by atoms with van der Waals surface area (Å²) in [6.07, 6.45) is 1.89. The Morgan fingerprint density at radius 1 is 1.64 bits per heavy atom. The van der Waals surface area contributed by atoms with E-state index in [9.17, 15) is 5.11 Å². The fourth-order valence-corrected chi connectivity index (χ4v) is 1.80. The summed E-state index contributed by atoms with van der Waals surface area (Å²) in [5, 5.41) is 17.6. The lowest BCUT2D eigenvalue weighted by atomic mass is 10.3. The van der Waals surface area contributed by atoms with Gasteiger partial charge in [-0.05, 0) is 29.1 Å². The van der Waals surface area contributed by atoms with Gasteiger partial charge < -0.3 is 10.4 Å². The number of nitrogens with one attached hydrogen (secondary N) is 1. The molecule has 0 radical (unpaired) electrons. The fraction of sp³-hybridized carbons (Fsp3) is 0.429. The molecule has 1 aliphatic rings. The second-order valence-corrected chi connectivity index (χ2v) is 4.50. The Morgan fingerprint density at radius 3 is 3.00 bits per heavy atom. The van der Waals surface area contributed by atoms with E-state index >= 15 is 0 Å². The van der Waals surface area contributed by atoms with Crippen molar-refractivity contribution in [2.45, 2.75) is 18.1 Å². The third-order valence-corrected chi connectivity index (χ3v) is 3.49. The number of aliphatic hydroxyl groups excluding tert-OH is 1. The molecule has 1 aliphatic heterocycles. The number of anilines is 1. The maximum absolute atomic E-state index is 9.75. The predicted octanol–water partition coefficient (Wildman–Crippen LogP) is 1.89. The average molecular weight is 277 g/mol. The van der Waals surface area contributed by atoms with E-state index in [0.717, 1.165) is 0 Å². The third kappa shape index (κ3) is 1.40. The standard InChI is InChI=1S/C7H9BrN4OS/c1-3-4(8)5(13)12-6(9-3)10-7(11-12)14-2/h3,13H,1-2H3,(H,9,10,11)/t3-/m0/s1. The van der Waals surface area contributed by atoms with Gasteiger partial charge >= 0.3 is 0 Å². The molecule has 0 aromatic carbocycles. The zero-order valence-electron chi connectivity index (χ0n) is 7.65. The lowest BCUT2D eigenvalue weighted by Gasteiger charge is -2.20. The molecule has 1 aromatic rings. The van der Waals surface area contributed by atoms with Crippen molar-refractivity contribution in [1.82, 2.24) is 14.8 Å². The summed E-state index contributed by atoms with van der Waals surface area (Å²) in [5.41, 5.74) is 0. The molecule has 0 fully saturated rings. The smallest absolute Gasteiger partial charge is 0.230 e. The van der Waals surface area contributed by atoms with Gasteiger partial charge in [0.2, 0.25) is 17.0 Å². The van der Waals surface area contributed by atoms with Gasteiger partial charge in [-0.15, -0.1) is 5.10 Å². The van der Waals surface area contributed by atoms with E-state index in [1.807, 2.05) is 13.2 Å². The van der Waals surface area contributed by atoms with Gasteiger partial charge in [-0.3, -0.25) is 0 Å². The first-order valence-corrected chi connectivity index (χ1v) is 6.02. The molecule has 2 heterocycles. The van der Waals surface area contributed by atoms with Crippen molar-refractivity contribution in [2.75, 3.05) is 11.6 Å². The Bertz CT molecular complexity index is 402. The summed E-state index contributed by atoms with van der Waals surface area (Å²) in [7, 11) is 0. The van der Waals surface area contributed by atoms with E-state index in [0.29, 0.717) is 15.6 Å². The molecular formula is C7H9BrN4OS. The van der Waals surface area contributed by atoms with Gasteiger partial charge in [-0.1, -0.05) is 11.8 Å². The lowest BCUT2D eigenvalue weighted by Crippen LogP contribution is -2.25. The van der Waals surface area contributed by atoms with Crippen molar-refractivity contribution in [3.8, 4) is 0 Å². The highest BCUT2D eigenvalue weighted by Crippen LogP contribution is 2.28.